The zero-order valence-electron chi connectivity index (χ0n) is 15.6. The van der Waals surface area contributed by atoms with E-state index in [9.17, 15) is 4.79 Å². The minimum absolute atomic E-state index is 0.0163. The Bertz CT molecular complexity index is 1090. The second kappa shape index (κ2) is 8.06. The van der Waals surface area contributed by atoms with Gasteiger partial charge in [0.2, 0.25) is 5.91 Å². The number of ether oxygens (including phenoxy) is 1. The Morgan fingerprint density at radius 1 is 1.07 bits per heavy atom. The van der Waals surface area contributed by atoms with Crippen LogP contribution in [0, 0.1) is 6.92 Å². The number of pyridine rings is 1. The maximum absolute atomic E-state index is 12.1. The number of rotatable bonds is 6. The first kappa shape index (κ1) is 17.9. The summed E-state index contributed by atoms with van der Waals surface area (Å²) < 4.78 is 7.47. The molecule has 0 bridgehead atoms. The summed E-state index contributed by atoms with van der Waals surface area (Å²) in [5.41, 5.74) is 5.77. The van der Waals surface area contributed by atoms with Crippen LogP contribution in [-0.2, 0) is 16.1 Å². The highest BCUT2D eigenvalue weighted by Crippen LogP contribution is 2.21. The summed E-state index contributed by atoms with van der Waals surface area (Å²) in [6, 6.07) is 21.5. The topological polar surface area (TPSA) is 55.6 Å². The third-order valence-corrected chi connectivity index (χ3v) is 4.42. The zero-order chi connectivity index (χ0) is 19.3. The molecule has 0 aliphatic carbocycles. The number of nitrogens with one attached hydrogen (secondary N) is 1. The van der Waals surface area contributed by atoms with E-state index < -0.39 is 0 Å². The molecule has 28 heavy (non-hydrogen) atoms. The van der Waals surface area contributed by atoms with Gasteiger partial charge in [0.15, 0.2) is 0 Å². The summed E-state index contributed by atoms with van der Waals surface area (Å²) in [6.07, 6.45) is 4.00. The van der Waals surface area contributed by atoms with E-state index in [0.717, 1.165) is 28.2 Å². The number of amides is 1. The molecule has 2 aromatic carbocycles. The normalized spacial score (nSPS) is 10.9. The van der Waals surface area contributed by atoms with Gasteiger partial charge < -0.3 is 14.5 Å². The molecule has 140 valence electrons. The van der Waals surface area contributed by atoms with Gasteiger partial charge in [0.1, 0.15) is 12.3 Å². The summed E-state index contributed by atoms with van der Waals surface area (Å²) in [7, 11) is 0. The summed E-state index contributed by atoms with van der Waals surface area (Å²) in [5, 5.41) is 2.85. The zero-order valence-corrected chi connectivity index (χ0v) is 15.6. The molecule has 5 heteroatoms. The standard InChI is InChI=1S/C23H21N3O2/c1-17-11-12-26-14-21(25-22(26)13-17)19-7-9-20(10-8-19)24-23(27)16-28-15-18-5-3-2-4-6-18/h2-14H,15-16H2,1H3,(H,24,27). The van der Waals surface area contributed by atoms with E-state index in [2.05, 4.69) is 23.3 Å². The lowest BCUT2D eigenvalue weighted by Gasteiger charge is -2.07. The fraction of sp³-hybridized carbons (Fsp3) is 0.130. The van der Waals surface area contributed by atoms with Gasteiger partial charge >= 0.3 is 0 Å². The molecular formula is C23H21N3O2. The number of hydrogen-bond donors (Lipinski definition) is 1. The summed E-state index contributed by atoms with van der Waals surface area (Å²) in [5.74, 6) is -0.174. The molecular weight excluding hydrogens is 350 g/mol. The third kappa shape index (κ3) is 4.27. The van der Waals surface area contributed by atoms with E-state index in [1.807, 2.05) is 77.5 Å². The highest BCUT2D eigenvalue weighted by Gasteiger charge is 2.06. The van der Waals surface area contributed by atoms with Gasteiger partial charge in [0, 0.05) is 23.6 Å². The number of nitrogens with zero attached hydrogens (tertiary/aromatic N) is 2. The molecule has 1 amide bonds. The fourth-order valence-electron chi connectivity index (χ4n) is 2.98. The number of aromatic nitrogens is 2. The Kier molecular flexibility index (Phi) is 5.17. The van der Waals surface area contributed by atoms with Gasteiger partial charge in [0.05, 0.1) is 12.3 Å². The van der Waals surface area contributed by atoms with Crippen molar-refractivity contribution >= 4 is 17.2 Å². The molecule has 5 nitrogen and oxygen atoms in total. The van der Waals surface area contributed by atoms with Crippen molar-refractivity contribution in [1.82, 2.24) is 9.38 Å². The van der Waals surface area contributed by atoms with Crippen LogP contribution in [0.3, 0.4) is 0 Å². The molecule has 0 aliphatic heterocycles. The molecule has 0 atom stereocenters. The van der Waals surface area contributed by atoms with E-state index in [0.29, 0.717) is 6.61 Å². The average Bonchev–Trinajstić information content (AvgIpc) is 3.12. The molecule has 0 saturated heterocycles. The van der Waals surface area contributed by atoms with E-state index in [1.165, 1.54) is 5.56 Å². The monoisotopic (exact) mass is 371 g/mol. The van der Waals surface area contributed by atoms with Crippen LogP contribution in [0.5, 0.6) is 0 Å². The minimum atomic E-state index is -0.174. The number of anilines is 1. The lowest BCUT2D eigenvalue weighted by Crippen LogP contribution is -2.18. The van der Waals surface area contributed by atoms with Crippen molar-refractivity contribution in [3.05, 3.63) is 90.3 Å². The molecule has 0 aliphatic rings. The molecule has 0 unspecified atom stereocenters. The van der Waals surface area contributed by atoms with Gasteiger partial charge in [-0.05, 0) is 42.3 Å². The molecule has 0 saturated carbocycles. The van der Waals surface area contributed by atoms with Crippen LogP contribution in [0.4, 0.5) is 5.69 Å². The first-order valence-electron chi connectivity index (χ1n) is 9.15. The Labute approximate surface area is 163 Å². The van der Waals surface area contributed by atoms with Crippen LogP contribution in [0.1, 0.15) is 11.1 Å². The van der Waals surface area contributed by atoms with Gasteiger partial charge in [-0.2, -0.15) is 0 Å². The third-order valence-electron chi connectivity index (χ3n) is 4.42. The molecule has 1 N–H and O–H groups in total. The Morgan fingerprint density at radius 3 is 2.64 bits per heavy atom. The number of aryl methyl sites for hydroxylation is 1. The highest BCUT2D eigenvalue weighted by atomic mass is 16.5. The molecule has 4 rings (SSSR count). The summed E-state index contributed by atoms with van der Waals surface area (Å²) >= 11 is 0. The van der Waals surface area contributed by atoms with Crippen molar-refractivity contribution in [1.29, 1.82) is 0 Å². The Hall–Kier alpha value is -3.44. The number of fused-ring (bicyclic) bond motifs is 1. The highest BCUT2D eigenvalue weighted by molar-refractivity contribution is 5.91. The smallest absolute Gasteiger partial charge is 0.250 e. The summed E-state index contributed by atoms with van der Waals surface area (Å²) in [6.45, 7) is 2.48. The van der Waals surface area contributed by atoms with Gasteiger partial charge in [-0.25, -0.2) is 4.98 Å². The van der Waals surface area contributed by atoms with Crippen LogP contribution < -0.4 is 5.32 Å². The molecule has 0 radical (unpaired) electrons. The largest absolute Gasteiger partial charge is 0.367 e. The number of imidazole rings is 1. The summed E-state index contributed by atoms with van der Waals surface area (Å²) in [4.78, 5) is 16.7. The van der Waals surface area contributed by atoms with E-state index in [-0.39, 0.29) is 12.5 Å². The van der Waals surface area contributed by atoms with E-state index in [4.69, 9.17) is 4.74 Å². The van der Waals surface area contributed by atoms with Gasteiger partial charge in [0.25, 0.3) is 0 Å². The first-order valence-corrected chi connectivity index (χ1v) is 9.15. The minimum Gasteiger partial charge on any atom is -0.367 e. The molecule has 0 spiro atoms. The Morgan fingerprint density at radius 2 is 1.86 bits per heavy atom. The van der Waals surface area contributed by atoms with Crippen molar-refractivity contribution < 1.29 is 9.53 Å². The van der Waals surface area contributed by atoms with Crippen molar-refractivity contribution in [2.45, 2.75) is 13.5 Å². The lowest BCUT2D eigenvalue weighted by molar-refractivity contribution is -0.121. The predicted molar refractivity (Wildman–Crippen MR) is 110 cm³/mol. The molecule has 0 fully saturated rings. The van der Waals surface area contributed by atoms with Crippen LogP contribution >= 0.6 is 0 Å². The van der Waals surface area contributed by atoms with Crippen molar-refractivity contribution in [2.24, 2.45) is 0 Å². The molecule has 2 heterocycles. The lowest BCUT2D eigenvalue weighted by atomic mass is 10.1. The van der Waals surface area contributed by atoms with Crippen molar-refractivity contribution in [3.63, 3.8) is 0 Å². The van der Waals surface area contributed by atoms with E-state index in [1.54, 1.807) is 0 Å². The van der Waals surface area contributed by atoms with Gasteiger partial charge in [-0.15, -0.1) is 0 Å². The van der Waals surface area contributed by atoms with Crippen LogP contribution in [0.25, 0.3) is 16.9 Å². The predicted octanol–water partition coefficient (Wildman–Crippen LogP) is 4.47. The van der Waals surface area contributed by atoms with Crippen LogP contribution in [-0.4, -0.2) is 21.9 Å². The van der Waals surface area contributed by atoms with Crippen molar-refractivity contribution in [3.8, 4) is 11.3 Å². The SMILES string of the molecule is Cc1ccn2cc(-c3ccc(NC(=O)COCc4ccccc4)cc3)nc2c1. The second-order valence-corrected chi connectivity index (χ2v) is 6.70. The van der Waals surface area contributed by atoms with E-state index >= 15 is 0 Å². The number of carbonyl (C=O) groups excluding carboxylic acids is 1. The number of carbonyl (C=O) groups is 1. The second-order valence-electron chi connectivity index (χ2n) is 6.70. The average molecular weight is 371 g/mol. The molecule has 2 aromatic heterocycles. The fourth-order valence-corrected chi connectivity index (χ4v) is 2.98. The molecule has 4 aromatic rings. The van der Waals surface area contributed by atoms with Crippen molar-refractivity contribution in [2.75, 3.05) is 11.9 Å². The maximum atomic E-state index is 12.1. The van der Waals surface area contributed by atoms with Crippen LogP contribution in [0.15, 0.2) is 79.1 Å². The van der Waals surface area contributed by atoms with Crippen LogP contribution in [0.2, 0.25) is 0 Å². The van der Waals surface area contributed by atoms with Gasteiger partial charge in [-0.3, -0.25) is 4.79 Å². The Balaban J connectivity index is 1.35. The van der Waals surface area contributed by atoms with Gasteiger partial charge in [-0.1, -0.05) is 42.5 Å². The first-order chi connectivity index (χ1) is 13.7. The quantitative estimate of drug-likeness (QED) is 0.544. The number of benzene rings is 2. The maximum Gasteiger partial charge on any atom is 0.250 e. The number of hydrogen-bond acceptors (Lipinski definition) is 3.